The summed E-state index contributed by atoms with van der Waals surface area (Å²) >= 11 is 9.21. The fourth-order valence-corrected chi connectivity index (χ4v) is 5.40. The van der Waals surface area contributed by atoms with Crippen molar-refractivity contribution in [3.05, 3.63) is 20.8 Å². The summed E-state index contributed by atoms with van der Waals surface area (Å²) in [7, 11) is 0. The Morgan fingerprint density at radius 1 is 1.31 bits per heavy atom. The number of halogens is 2. The monoisotopic (exact) mass is 363 g/mol. The van der Waals surface area contributed by atoms with Crippen molar-refractivity contribution in [2.24, 2.45) is 0 Å². The van der Waals surface area contributed by atoms with Crippen molar-refractivity contribution in [2.45, 2.75) is 49.1 Å². The van der Waals surface area contributed by atoms with E-state index in [1.54, 1.807) is 0 Å². The SMILES string of the molecule is Brc1csc(CN2C3CCC2CC(Br)C3)c1. The van der Waals surface area contributed by atoms with Gasteiger partial charge in [-0.3, -0.25) is 4.90 Å². The van der Waals surface area contributed by atoms with Crippen molar-refractivity contribution >= 4 is 43.2 Å². The van der Waals surface area contributed by atoms with Crippen LogP contribution < -0.4 is 0 Å². The van der Waals surface area contributed by atoms with Gasteiger partial charge in [-0.15, -0.1) is 11.3 Å². The van der Waals surface area contributed by atoms with Gasteiger partial charge in [0.1, 0.15) is 0 Å². The van der Waals surface area contributed by atoms with Crippen molar-refractivity contribution < 1.29 is 0 Å². The highest BCUT2D eigenvalue weighted by atomic mass is 79.9. The van der Waals surface area contributed by atoms with E-state index >= 15 is 0 Å². The third kappa shape index (κ3) is 2.26. The van der Waals surface area contributed by atoms with Crippen LogP contribution in [0.3, 0.4) is 0 Å². The Balaban J connectivity index is 1.72. The number of hydrogen-bond acceptors (Lipinski definition) is 2. The van der Waals surface area contributed by atoms with Gasteiger partial charge in [0, 0.05) is 38.2 Å². The molecule has 0 aromatic carbocycles. The smallest absolute Gasteiger partial charge is 0.0334 e. The molecule has 16 heavy (non-hydrogen) atoms. The van der Waals surface area contributed by atoms with E-state index in [0.717, 1.165) is 23.5 Å². The maximum Gasteiger partial charge on any atom is 0.0334 e. The van der Waals surface area contributed by atoms with E-state index in [9.17, 15) is 0 Å². The van der Waals surface area contributed by atoms with E-state index in [2.05, 4.69) is 48.2 Å². The fraction of sp³-hybridized carbons (Fsp3) is 0.667. The normalized spacial score (nSPS) is 34.5. The third-order valence-corrected chi connectivity index (χ3v) is 6.22. The first-order valence-corrected chi connectivity index (χ1v) is 8.44. The minimum Gasteiger partial charge on any atom is -0.292 e. The molecule has 3 rings (SSSR count). The molecule has 0 spiro atoms. The summed E-state index contributed by atoms with van der Waals surface area (Å²) in [6.07, 6.45) is 5.48. The Morgan fingerprint density at radius 2 is 2.00 bits per heavy atom. The Kier molecular flexibility index (Phi) is 3.44. The number of hydrogen-bond donors (Lipinski definition) is 0. The molecule has 1 nitrogen and oxygen atoms in total. The molecule has 0 radical (unpaired) electrons. The maximum absolute atomic E-state index is 3.79. The number of nitrogens with zero attached hydrogens (tertiary/aromatic N) is 1. The zero-order chi connectivity index (χ0) is 11.1. The first kappa shape index (κ1) is 11.7. The molecule has 0 N–H and O–H groups in total. The largest absolute Gasteiger partial charge is 0.292 e. The second kappa shape index (κ2) is 4.71. The number of thiophene rings is 1. The van der Waals surface area contributed by atoms with Crippen molar-refractivity contribution in [2.75, 3.05) is 0 Å². The van der Waals surface area contributed by atoms with Crippen LogP contribution in [0.1, 0.15) is 30.6 Å². The van der Waals surface area contributed by atoms with Gasteiger partial charge in [0.15, 0.2) is 0 Å². The second-order valence-electron chi connectivity index (χ2n) is 4.86. The van der Waals surface area contributed by atoms with Gasteiger partial charge in [-0.25, -0.2) is 0 Å². The molecule has 1 aromatic rings. The van der Waals surface area contributed by atoms with Crippen LogP contribution in [-0.2, 0) is 6.54 Å². The summed E-state index contributed by atoms with van der Waals surface area (Å²) in [6.45, 7) is 1.16. The molecule has 2 aliphatic heterocycles. The lowest BCUT2D eigenvalue weighted by atomic mass is 10.0. The standard InChI is InChI=1S/C12H15Br2NS/c13-8-3-10-1-2-11(4-8)15(10)6-12-5-9(14)7-16-12/h5,7-8,10-11H,1-4,6H2. The highest BCUT2D eigenvalue weighted by molar-refractivity contribution is 9.10. The summed E-state index contributed by atoms with van der Waals surface area (Å²) in [6, 6.07) is 3.91. The zero-order valence-electron chi connectivity index (χ0n) is 9.03. The predicted molar refractivity (Wildman–Crippen MR) is 76.3 cm³/mol. The summed E-state index contributed by atoms with van der Waals surface area (Å²) in [4.78, 5) is 4.99. The van der Waals surface area contributed by atoms with E-state index in [1.165, 1.54) is 35.0 Å². The molecule has 2 saturated heterocycles. The minimum absolute atomic E-state index is 0.760. The van der Waals surface area contributed by atoms with E-state index in [1.807, 2.05) is 11.3 Å². The van der Waals surface area contributed by atoms with Crippen molar-refractivity contribution in [1.82, 2.24) is 4.90 Å². The van der Waals surface area contributed by atoms with Gasteiger partial charge in [-0.2, -0.15) is 0 Å². The molecule has 4 heteroatoms. The first-order valence-electron chi connectivity index (χ1n) is 5.85. The van der Waals surface area contributed by atoms with Crippen molar-refractivity contribution in [1.29, 1.82) is 0 Å². The van der Waals surface area contributed by atoms with E-state index in [4.69, 9.17) is 0 Å². The van der Waals surface area contributed by atoms with Crippen LogP contribution >= 0.6 is 43.2 Å². The highest BCUT2D eigenvalue weighted by Gasteiger charge is 2.39. The molecular formula is C12H15Br2NS. The first-order chi connectivity index (χ1) is 7.72. The topological polar surface area (TPSA) is 3.24 Å². The molecule has 2 unspecified atom stereocenters. The van der Waals surface area contributed by atoms with Gasteiger partial charge in [0.05, 0.1) is 0 Å². The summed E-state index contributed by atoms with van der Waals surface area (Å²) in [5.41, 5.74) is 0. The van der Waals surface area contributed by atoms with Crippen LogP contribution in [0.4, 0.5) is 0 Å². The van der Waals surface area contributed by atoms with Crippen molar-refractivity contribution in [3.8, 4) is 0 Å². The molecule has 3 heterocycles. The Hall–Kier alpha value is 0.620. The fourth-order valence-electron chi connectivity index (χ4n) is 3.08. The van der Waals surface area contributed by atoms with Gasteiger partial charge in [0.2, 0.25) is 0 Å². The summed E-state index contributed by atoms with van der Waals surface area (Å²) in [5, 5.41) is 2.19. The predicted octanol–water partition coefficient (Wildman–Crippen LogP) is 4.40. The third-order valence-electron chi connectivity index (χ3n) is 3.79. The quantitative estimate of drug-likeness (QED) is 0.703. The summed E-state index contributed by atoms with van der Waals surface area (Å²) < 4.78 is 1.23. The van der Waals surface area contributed by atoms with Crippen LogP contribution in [0, 0.1) is 0 Å². The molecule has 0 aliphatic carbocycles. The Morgan fingerprint density at radius 3 is 2.56 bits per heavy atom. The molecule has 0 saturated carbocycles. The number of alkyl halides is 1. The van der Waals surface area contributed by atoms with Gasteiger partial charge in [0.25, 0.3) is 0 Å². The number of piperidine rings is 1. The minimum atomic E-state index is 0.760. The van der Waals surface area contributed by atoms with Gasteiger partial charge < -0.3 is 0 Å². The van der Waals surface area contributed by atoms with Crippen molar-refractivity contribution in [3.63, 3.8) is 0 Å². The van der Waals surface area contributed by atoms with Crippen LogP contribution in [0.2, 0.25) is 0 Å². The van der Waals surface area contributed by atoms with Crippen LogP contribution in [0.15, 0.2) is 15.9 Å². The van der Waals surface area contributed by atoms with E-state index < -0.39 is 0 Å². The Bertz CT molecular complexity index is 365. The highest BCUT2D eigenvalue weighted by Crippen LogP contribution is 2.39. The van der Waals surface area contributed by atoms with Gasteiger partial charge >= 0.3 is 0 Å². The van der Waals surface area contributed by atoms with E-state index in [0.29, 0.717) is 0 Å². The maximum atomic E-state index is 3.79. The molecule has 2 fully saturated rings. The second-order valence-corrected chi connectivity index (χ2v) is 8.06. The average molecular weight is 365 g/mol. The molecule has 2 aliphatic rings. The molecule has 2 atom stereocenters. The van der Waals surface area contributed by atoms with E-state index in [-0.39, 0.29) is 0 Å². The molecule has 88 valence electrons. The van der Waals surface area contributed by atoms with Gasteiger partial charge in [-0.05, 0) is 47.7 Å². The lowest BCUT2D eigenvalue weighted by molar-refractivity contribution is 0.138. The number of rotatable bonds is 2. The Labute approximate surface area is 117 Å². The molecule has 0 amide bonds. The van der Waals surface area contributed by atoms with Gasteiger partial charge in [-0.1, -0.05) is 15.9 Å². The lowest BCUT2D eigenvalue weighted by Crippen LogP contribution is -2.42. The average Bonchev–Trinajstić information content (AvgIpc) is 2.72. The van der Waals surface area contributed by atoms with Crippen LogP contribution in [0.25, 0.3) is 0 Å². The zero-order valence-corrected chi connectivity index (χ0v) is 13.0. The summed E-state index contributed by atoms with van der Waals surface area (Å²) in [5.74, 6) is 0. The molecular weight excluding hydrogens is 350 g/mol. The number of fused-ring (bicyclic) bond motifs is 2. The van der Waals surface area contributed by atoms with Crippen LogP contribution in [0.5, 0.6) is 0 Å². The van der Waals surface area contributed by atoms with Crippen LogP contribution in [-0.4, -0.2) is 21.8 Å². The lowest BCUT2D eigenvalue weighted by Gasteiger charge is -2.36. The molecule has 2 bridgehead atoms. The molecule has 1 aromatic heterocycles.